The molecule has 98 valence electrons. The minimum Gasteiger partial charge on any atom is -0.383 e. The first kappa shape index (κ1) is 13.7. The van der Waals surface area contributed by atoms with Crippen LogP contribution >= 0.6 is 11.8 Å². The minimum atomic E-state index is 0.563. The van der Waals surface area contributed by atoms with E-state index in [9.17, 15) is 5.26 Å². The number of thioether (sulfide) groups is 1. The Morgan fingerprint density at radius 2 is 2.21 bits per heavy atom. The van der Waals surface area contributed by atoms with Crippen LogP contribution in [-0.2, 0) is 0 Å². The van der Waals surface area contributed by atoms with Gasteiger partial charge in [-0.25, -0.2) is 0 Å². The molecule has 0 aliphatic carbocycles. The second kappa shape index (κ2) is 6.44. The van der Waals surface area contributed by atoms with Gasteiger partial charge in [-0.2, -0.15) is 17.0 Å². The average Bonchev–Trinajstić information content (AvgIpc) is 2.44. The molecule has 0 aliphatic rings. The van der Waals surface area contributed by atoms with Crippen LogP contribution in [0.3, 0.4) is 0 Å². The maximum absolute atomic E-state index is 9.21. The number of anilines is 1. The summed E-state index contributed by atoms with van der Waals surface area (Å²) in [6.45, 7) is 3.07. The zero-order valence-electron chi connectivity index (χ0n) is 11.2. The minimum absolute atomic E-state index is 0.563. The number of benzene rings is 1. The summed E-state index contributed by atoms with van der Waals surface area (Å²) in [5, 5.41) is 13.6. The molecule has 19 heavy (non-hydrogen) atoms. The van der Waals surface area contributed by atoms with Gasteiger partial charge >= 0.3 is 0 Å². The van der Waals surface area contributed by atoms with E-state index in [1.807, 2.05) is 36.0 Å². The van der Waals surface area contributed by atoms with Crippen LogP contribution in [0.15, 0.2) is 30.5 Å². The molecule has 1 atom stereocenters. The Morgan fingerprint density at radius 1 is 1.42 bits per heavy atom. The van der Waals surface area contributed by atoms with Crippen molar-refractivity contribution in [3.8, 4) is 6.07 Å². The van der Waals surface area contributed by atoms with Crippen LogP contribution in [-0.4, -0.2) is 23.5 Å². The fourth-order valence-corrected chi connectivity index (χ4v) is 2.72. The molecule has 1 aromatic carbocycles. The summed E-state index contributed by atoms with van der Waals surface area (Å²) in [5.41, 5.74) is 2.43. The van der Waals surface area contributed by atoms with Crippen LogP contribution in [0.1, 0.15) is 12.5 Å². The number of rotatable bonds is 5. The van der Waals surface area contributed by atoms with E-state index in [1.54, 1.807) is 6.20 Å². The van der Waals surface area contributed by atoms with Gasteiger partial charge in [0.15, 0.2) is 0 Å². The third-order valence-electron chi connectivity index (χ3n) is 2.97. The van der Waals surface area contributed by atoms with Gasteiger partial charge in [-0.15, -0.1) is 0 Å². The Hall–Kier alpha value is -1.73. The second-order valence-electron chi connectivity index (χ2n) is 4.62. The normalized spacial score (nSPS) is 12.1. The van der Waals surface area contributed by atoms with Crippen molar-refractivity contribution >= 4 is 28.4 Å². The molecule has 1 unspecified atom stereocenters. The number of nitrogens with zero attached hydrogens (tertiary/aromatic N) is 2. The molecule has 0 saturated heterocycles. The Bertz CT molecular complexity index is 604. The standard InChI is InChI=1S/C15H17N3S/c1-11(10-19-2)8-18-15-12(7-16)9-17-14-6-4-3-5-13(14)15/h3-6,9,11H,8,10H2,1-2H3,(H,17,18). The van der Waals surface area contributed by atoms with Crippen LogP contribution in [0.25, 0.3) is 10.9 Å². The fraction of sp³-hybridized carbons (Fsp3) is 0.333. The zero-order chi connectivity index (χ0) is 13.7. The smallest absolute Gasteiger partial charge is 0.103 e. The van der Waals surface area contributed by atoms with E-state index in [0.717, 1.165) is 28.9 Å². The van der Waals surface area contributed by atoms with Crippen molar-refractivity contribution < 1.29 is 0 Å². The van der Waals surface area contributed by atoms with Gasteiger partial charge in [0.05, 0.1) is 16.8 Å². The van der Waals surface area contributed by atoms with Crippen LogP contribution in [0.4, 0.5) is 5.69 Å². The van der Waals surface area contributed by atoms with Crippen molar-refractivity contribution in [3.63, 3.8) is 0 Å². The Kier molecular flexibility index (Phi) is 4.64. The first-order valence-corrected chi connectivity index (χ1v) is 7.66. The summed E-state index contributed by atoms with van der Waals surface area (Å²) >= 11 is 1.84. The van der Waals surface area contributed by atoms with Gasteiger partial charge in [0.1, 0.15) is 6.07 Å². The van der Waals surface area contributed by atoms with Crippen molar-refractivity contribution in [1.29, 1.82) is 5.26 Å². The Labute approximate surface area is 118 Å². The number of nitrogens with one attached hydrogen (secondary N) is 1. The lowest BCUT2D eigenvalue weighted by molar-refractivity contribution is 0.702. The SMILES string of the molecule is CSCC(C)CNc1c(C#N)cnc2ccccc12. The van der Waals surface area contributed by atoms with Gasteiger partial charge in [-0.05, 0) is 24.0 Å². The molecule has 1 aromatic heterocycles. The summed E-state index contributed by atoms with van der Waals surface area (Å²) in [7, 11) is 0. The van der Waals surface area contributed by atoms with Crippen molar-refractivity contribution in [2.24, 2.45) is 5.92 Å². The molecule has 0 amide bonds. The molecule has 4 heteroatoms. The molecule has 0 fully saturated rings. The maximum Gasteiger partial charge on any atom is 0.103 e. The van der Waals surface area contributed by atoms with Crippen molar-refractivity contribution in [1.82, 2.24) is 4.98 Å². The molecule has 2 aromatic rings. The highest BCUT2D eigenvalue weighted by atomic mass is 32.2. The molecular weight excluding hydrogens is 254 g/mol. The molecule has 1 heterocycles. The Balaban J connectivity index is 2.32. The van der Waals surface area contributed by atoms with E-state index in [1.165, 1.54) is 0 Å². The van der Waals surface area contributed by atoms with Gasteiger partial charge in [-0.1, -0.05) is 25.1 Å². The molecule has 0 bridgehead atoms. The van der Waals surface area contributed by atoms with Crippen LogP contribution in [0.2, 0.25) is 0 Å². The van der Waals surface area contributed by atoms with Crippen LogP contribution < -0.4 is 5.32 Å². The Morgan fingerprint density at radius 3 is 2.95 bits per heavy atom. The predicted octanol–water partition coefficient (Wildman–Crippen LogP) is 3.52. The summed E-state index contributed by atoms with van der Waals surface area (Å²) in [5.74, 6) is 1.67. The molecule has 0 spiro atoms. The molecule has 2 rings (SSSR count). The highest BCUT2D eigenvalue weighted by molar-refractivity contribution is 7.98. The topological polar surface area (TPSA) is 48.7 Å². The van der Waals surface area contributed by atoms with Crippen molar-refractivity contribution in [3.05, 3.63) is 36.0 Å². The van der Waals surface area contributed by atoms with E-state index in [-0.39, 0.29) is 0 Å². The number of fused-ring (bicyclic) bond motifs is 1. The predicted molar refractivity (Wildman–Crippen MR) is 82.5 cm³/mol. The summed E-state index contributed by atoms with van der Waals surface area (Å²) in [4.78, 5) is 4.31. The highest BCUT2D eigenvalue weighted by Gasteiger charge is 2.09. The van der Waals surface area contributed by atoms with Gasteiger partial charge < -0.3 is 5.32 Å². The highest BCUT2D eigenvalue weighted by Crippen LogP contribution is 2.25. The number of pyridine rings is 1. The summed E-state index contributed by atoms with van der Waals surface area (Å²) in [6.07, 6.45) is 3.75. The lowest BCUT2D eigenvalue weighted by Crippen LogP contribution is -2.14. The number of aromatic nitrogens is 1. The van der Waals surface area contributed by atoms with E-state index < -0.39 is 0 Å². The van der Waals surface area contributed by atoms with Crippen molar-refractivity contribution in [2.45, 2.75) is 6.92 Å². The lowest BCUT2D eigenvalue weighted by atomic mass is 10.1. The first-order chi connectivity index (χ1) is 9.26. The van der Waals surface area contributed by atoms with E-state index in [0.29, 0.717) is 11.5 Å². The third kappa shape index (κ3) is 3.18. The number of nitriles is 1. The molecule has 0 saturated carbocycles. The summed E-state index contributed by atoms with van der Waals surface area (Å²) in [6, 6.07) is 10.1. The van der Waals surface area contributed by atoms with E-state index in [4.69, 9.17) is 0 Å². The lowest BCUT2D eigenvalue weighted by Gasteiger charge is -2.15. The number of para-hydroxylation sites is 1. The zero-order valence-corrected chi connectivity index (χ0v) is 12.0. The van der Waals surface area contributed by atoms with Gasteiger partial charge in [-0.3, -0.25) is 4.98 Å². The molecule has 0 radical (unpaired) electrons. The third-order valence-corrected chi connectivity index (χ3v) is 3.88. The van der Waals surface area contributed by atoms with Gasteiger partial charge in [0, 0.05) is 18.1 Å². The largest absolute Gasteiger partial charge is 0.383 e. The molecule has 0 aliphatic heterocycles. The molecular formula is C15H17N3S. The molecule has 1 N–H and O–H groups in total. The quantitative estimate of drug-likeness (QED) is 0.904. The van der Waals surface area contributed by atoms with Gasteiger partial charge in [0.25, 0.3) is 0 Å². The summed E-state index contributed by atoms with van der Waals surface area (Å²) < 4.78 is 0. The van der Waals surface area contributed by atoms with E-state index in [2.05, 4.69) is 29.5 Å². The molecule has 3 nitrogen and oxygen atoms in total. The number of hydrogen-bond donors (Lipinski definition) is 1. The maximum atomic E-state index is 9.21. The average molecular weight is 271 g/mol. The van der Waals surface area contributed by atoms with Gasteiger partial charge in [0.2, 0.25) is 0 Å². The van der Waals surface area contributed by atoms with Crippen molar-refractivity contribution in [2.75, 3.05) is 23.9 Å². The fourth-order valence-electron chi connectivity index (χ4n) is 2.04. The van der Waals surface area contributed by atoms with Crippen LogP contribution in [0, 0.1) is 17.2 Å². The first-order valence-electron chi connectivity index (χ1n) is 6.27. The number of hydrogen-bond acceptors (Lipinski definition) is 4. The monoisotopic (exact) mass is 271 g/mol. The second-order valence-corrected chi connectivity index (χ2v) is 5.53. The van der Waals surface area contributed by atoms with E-state index >= 15 is 0 Å². The van der Waals surface area contributed by atoms with Crippen LogP contribution in [0.5, 0.6) is 0 Å².